The molecular formula is C30H46ClN5O3S. The number of amides is 1. The van der Waals surface area contributed by atoms with Crippen LogP contribution in [0.15, 0.2) is 35.4 Å². The SMILES string of the molecule is CC(C)(C)OC=O.CN1CC(CCCNc2cccc(SNC(=O)c3ccc(C(C)(C)C)nc3Cl)n2)CC1(C)C. The van der Waals surface area contributed by atoms with E-state index in [-0.39, 0.29) is 22.1 Å². The maximum Gasteiger partial charge on any atom is 0.293 e. The zero-order chi connectivity index (χ0) is 30.1. The first kappa shape index (κ1) is 33.8. The molecule has 0 aromatic carbocycles. The number of pyridine rings is 2. The summed E-state index contributed by atoms with van der Waals surface area (Å²) >= 11 is 7.44. The number of carbonyl (C=O) groups excluding carboxylic acids is 2. The van der Waals surface area contributed by atoms with Crippen molar-refractivity contribution in [2.75, 3.05) is 25.5 Å². The van der Waals surface area contributed by atoms with Gasteiger partial charge in [-0.1, -0.05) is 38.4 Å². The van der Waals surface area contributed by atoms with Crippen LogP contribution < -0.4 is 10.0 Å². The summed E-state index contributed by atoms with van der Waals surface area (Å²) in [5.74, 6) is 1.28. The summed E-state index contributed by atoms with van der Waals surface area (Å²) in [6, 6.07) is 9.32. The molecule has 0 aliphatic carbocycles. The minimum atomic E-state index is -0.318. The molecule has 2 N–H and O–H groups in total. The number of nitrogens with zero attached hydrogens (tertiary/aromatic N) is 3. The van der Waals surface area contributed by atoms with E-state index in [4.69, 9.17) is 11.6 Å². The average molecular weight is 592 g/mol. The van der Waals surface area contributed by atoms with Gasteiger partial charge in [-0.2, -0.15) is 0 Å². The molecule has 40 heavy (non-hydrogen) atoms. The first-order valence-corrected chi connectivity index (χ1v) is 14.9. The minimum absolute atomic E-state index is 0.130. The molecule has 0 spiro atoms. The summed E-state index contributed by atoms with van der Waals surface area (Å²) in [6.45, 7) is 18.8. The Bertz CT molecular complexity index is 1130. The fraction of sp³-hybridized carbons (Fsp3) is 0.600. The number of ether oxygens (including phenoxy) is 1. The van der Waals surface area contributed by atoms with Crippen LogP contribution >= 0.6 is 23.5 Å². The molecule has 222 valence electrons. The predicted octanol–water partition coefficient (Wildman–Crippen LogP) is 6.74. The van der Waals surface area contributed by atoms with Gasteiger partial charge in [0.2, 0.25) is 0 Å². The number of rotatable bonds is 9. The number of carbonyl (C=O) groups is 2. The lowest BCUT2D eigenvalue weighted by molar-refractivity contribution is -0.138. The smallest absolute Gasteiger partial charge is 0.293 e. The molecule has 1 aliphatic heterocycles. The van der Waals surface area contributed by atoms with Gasteiger partial charge in [-0.05, 0) is 91.1 Å². The molecule has 1 unspecified atom stereocenters. The molecule has 2 aromatic heterocycles. The Kier molecular flexibility index (Phi) is 12.3. The molecule has 0 saturated carbocycles. The van der Waals surface area contributed by atoms with E-state index in [0.717, 1.165) is 30.4 Å². The largest absolute Gasteiger partial charge is 0.462 e. The van der Waals surface area contributed by atoms with Crippen molar-refractivity contribution in [2.24, 2.45) is 5.92 Å². The third-order valence-corrected chi connectivity index (χ3v) is 7.70. The van der Waals surface area contributed by atoms with Crippen LogP contribution in [0, 0.1) is 5.92 Å². The van der Waals surface area contributed by atoms with Crippen LogP contribution in [-0.4, -0.2) is 58.5 Å². The van der Waals surface area contributed by atoms with E-state index in [1.165, 1.54) is 31.3 Å². The second kappa shape index (κ2) is 14.5. The Hall–Kier alpha value is -2.36. The first-order chi connectivity index (χ1) is 18.5. The van der Waals surface area contributed by atoms with Crippen LogP contribution in [-0.2, 0) is 14.9 Å². The lowest BCUT2D eigenvalue weighted by Gasteiger charge is -2.26. The molecule has 1 aliphatic rings. The van der Waals surface area contributed by atoms with Gasteiger partial charge in [0.05, 0.1) is 5.56 Å². The van der Waals surface area contributed by atoms with Crippen molar-refractivity contribution < 1.29 is 14.3 Å². The Morgan fingerprint density at radius 3 is 2.40 bits per heavy atom. The molecule has 1 atom stereocenters. The molecule has 10 heteroatoms. The highest BCUT2D eigenvalue weighted by Gasteiger charge is 2.35. The van der Waals surface area contributed by atoms with E-state index in [0.29, 0.717) is 22.6 Å². The van der Waals surface area contributed by atoms with E-state index >= 15 is 0 Å². The summed E-state index contributed by atoms with van der Waals surface area (Å²) in [4.78, 5) is 33.6. The van der Waals surface area contributed by atoms with Crippen LogP contribution in [0.5, 0.6) is 0 Å². The van der Waals surface area contributed by atoms with Gasteiger partial charge < -0.3 is 15.0 Å². The summed E-state index contributed by atoms with van der Waals surface area (Å²) < 4.78 is 7.36. The highest BCUT2D eigenvalue weighted by molar-refractivity contribution is 7.97. The van der Waals surface area contributed by atoms with Crippen LogP contribution in [0.3, 0.4) is 0 Å². The second-order valence-electron chi connectivity index (χ2n) is 12.8. The highest BCUT2D eigenvalue weighted by Crippen LogP contribution is 2.33. The highest BCUT2D eigenvalue weighted by atomic mass is 35.5. The summed E-state index contributed by atoms with van der Waals surface area (Å²) in [5, 5.41) is 4.33. The zero-order valence-electron chi connectivity index (χ0n) is 25.4. The van der Waals surface area contributed by atoms with Crippen molar-refractivity contribution in [3.05, 3.63) is 46.7 Å². The maximum atomic E-state index is 12.6. The Balaban J connectivity index is 0.000000708. The second-order valence-corrected chi connectivity index (χ2v) is 14.0. The molecule has 2 aromatic rings. The van der Waals surface area contributed by atoms with E-state index in [9.17, 15) is 9.59 Å². The van der Waals surface area contributed by atoms with E-state index < -0.39 is 0 Å². The van der Waals surface area contributed by atoms with Crippen molar-refractivity contribution in [3.63, 3.8) is 0 Å². The number of hydrogen-bond donors (Lipinski definition) is 2. The van der Waals surface area contributed by atoms with Crippen LogP contribution in [0.4, 0.5) is 5.82 Å². The molecule has 0 radical (unpaired) electrons. The van der Waals surface area contributed by atoms with E-state index in [2.05, 4.69) is 71.3 Å². The van der Waals surface area contributed by atoms with Crippen LogP contribution in [0.1, 0.15) is 90.7 Å². The van der Waals surface area contributed by atoms with Crippen molar-refractivity contribution in [1.29, 1.82) is 0 Å². The van der Waals surface area contributed by atoms with E-state index in [1.54, 1.807) is 6.07 Å². The Morgan fingerprint density at radius 2 is 1.88 bits per heavy atom. The van der Waals surface area contributed by atoms with Crippen molar-refractivity contribution in [1.82, 2.24) is 19.6 Å². The van der Waals surface area contributed by atoms with Gasteiger partial charge in [0, 0.05) is 41.7 Å². The lowest BCUT2D eigenvalue weighted by Crippen LogP contribution is -2.34. The predicted molar refractivity (Wildman–Crippen MR) is 165 cm³/mol. The monoisotopic (exact) mass is 591 g/mol. The molecule has 1 fully saturated rings. The van der Waals surface area contributed by atoms with Gasteiger partial charge in [0.1, 0.15) is 21.6 Å². The average Bonchev–Trinajstić information content (AvgIpc) is 3.10. The van der Waals surface area contributed by atoms with Crippen molar-refractivity contribution in [2.45, 2.75) is 96.2 Å². The van der Waals surface area contributed by atoms with Gasteiger partial charge in [-0.25, -0.2) is 9.97 Å². The van der Waals surface area contributed by atoms with Gasteiger partial charge in [-0.3, -0.25) is 14.3 Å². The van der Waals surface area contributed by atoms with Gasteiger partial charge in [0.15, 0.2) is 0 Å². The van der Waals surface area contributed by atoms with Gasteiger partial charge in [0.25, 0.3) is 12.4 Å². The summed E-state index contributed by atoms with van der Waals surface area (Å²) in [7, 11) is 2.22. The fourth-order valence-corrected chi connectivity index (χ4v) is 5.09. The standard InChI is InChI=1S/C25H36ClN5OS.C5H10O2/c1-24(2,3)19-13-12-18(22(26)28-19)23(32)30-33-21-11-7-10-20(29-21)27-14-8-9-17-15-25(4,5)31(6)16-17;1-5(2,3)7-4-6/h7,10-13,17H,8-9,14-16H2,1-6H3,(H,27,29)(H,30,32);4H,1-3H3. The van der Waals surface area contributed by atoms with E-state index in [1.807, 2.05) is 45.0 Å². The van der Waals surface area contributed by atoms with Crippen molar-refractivity contribution in [3.8, 4) is 0 Å². The van der Waals surface area contributed by atoms with Gasteiger partial charge >= 0.3 is 0 Å². The number of anilines is 1. The molecule has 1 amide bonds. The quantitative estimate of drug-likeness (QED) is 0.143. The van der Waals surface area contributed by atoms with Crippen molar-refractivity contribution >= 4 is 41.7 Å². The number of aromatic nitrogens is 2. The Morgan fingerprint density at radius 1 is 1.18 bits per heavy atom. The topological polar surface area (TPSA) is 96.5 Å². The number of nitrogens with one attached hydrogen (secondary N) is 2. The normalized spacial score (nSPS) is 17.0. The Labute approximate surface area is 249 Å². The molecule has 1 saturated heterocycles. The fourth-order valence-electron chi connectivity index (χ4n) is 4.25. The van der Waals surface area contributed by atoms with Gasteiger partial charge in [-0.15, -0.1) is 0 Å². The lowest BCUT2D eigenvalue weighted by atomic mass is 9.91. The summed E-state index contributed by atoms with van der Waals surface area (Å²) in [6.07, 6.45) is 3.58. The third-order valence-electron chi connectivity index (χ3n) is 6.68. The molecule has 3 heterocycles. The molecule has 8 nitrogen and oxygen atoms in total. The zero-order valence-corrected chi connectivity index (χ0v) is 27.0. The molecular weight excluding hydrogens is 546 g/mol. The van der Waals surface area contributed by atoms with Crippen LogP contribution in [0.2, 0.25) is 5.15 Å². The summed E-state index contributed by atoms with van der Waals surface area (Å²) in [5.41, 5.74) is 1.06. The number of hydrogen-bond acceptors (Lipinski definition) is 8. The molecule has 3 rings (SSSR count). The third kappa shape index (κ3) is 11.3. The first-order valence-electron chi connectivity index (χ1n) is 13.7. The van der Waals surface area contributed by atoms with Crippen LogP contribution in [0.25, 0.3) is 0 Å². The number of likely N-dealkylation sites (tertiary alicyclic amines) is 1. The number of halogens is 1. The maximum absolute atomic E-state index is 12.6. The minimum Gasteiger partial charge on any atom is -0.462 e. The molecule has 0 bridgehead atoms.